The van der Waals surface area contributed by atoms with Crippen molar-refractivity contribution in [3.05, 3.63) is 0 Å². The molecule has 0 aromatic heterocycles. The van der Waals surface area contributed by atoms with Crippen LogP contribution in [-0.4, -0.2) is 146 Å². The summed E-state index contributed by atoms with van der Waals surface area (Å²) >= 11 is 0. The number of hydrogen-bond donors (Lipinski definition) is 5. The smallest absolute Gasteiger partial charge is 0.338 e. The second kappa shape index (κ2) is 15.0. The average Bonchev–Trinajstić information content (AvgIpc) is 2.61. The molecule has 4 atom stereocenters. The van der Waals surface area contributed by atoms with E-state index in [1.165, 1.54) is 0 Å². The van der Waals surface area contributed by atoms with E-state index >= 15 is 0 Å². The maximum atomic E-state index is 13.1. The van der Waals surface area contributed by atoms with E-state index in [0.29, 0.717) is 0 Å². The van der Waals surface area contributed by atoms with Crippen LogP contribution in [0.2, 0.25) is 0 Å². The standard InChI is InChI=1S/C20H40N2O8.Ca/c1-10(2)21(11(3)4)18(22(12(5)6)13(7)8)20(29)30-9-14(23)15(24)16(25)17(26)19(27)28;/h10-18,23-26H,9H2,1-8H3,(H,27,28);. The summed E-state index contributed by atoms with van der Waals surface area (Å²) in [5, 5.41) is 47.6. The zero-order valence-corrected chi connectivity index (χ0v) is 22.2. The Bertz CT molecular complexity index is 511. The third kappa shape index (κ3) is 9.77. The van der Waals surface area contributed by atoms with Crippen LogP contribution in [0, 0.1) is 0 Å². The molecule has 0 bridgehead atoms. The van der Waals surface area contributed by atoms with E-state index in [1.807, 2.05) is 65.2 Å². The van der Waals surface area contributed by atoms with Gasteiger partial charge >= 0.3 is 11.9 Å². The minimum Gasteiger partial charge on any atom is -0.479 e. The summed E-state index contributed by atoms with van der Waals surface area (Å²) in [4.78, 5) is 27.8. The van der Waals surface area contributed by atoms with E-state index < -0.39 is 49.1 Å². The van der Waals surface area contributed by atoms with E-state index in [4.69, 9.17) is 9.84 Å². The third-order valence-electron chi connectivity index (χ3n) is 4.88. The molecule has 0 aliphatic carbocycles. The summed E-state index contributed by atoms with van der Waals surface area (Å²) in [7, 11) is 0. The van der Waals surface area contributed by atoms with E-state index in [-0.39, 0.29) is 61.9 Å². The Kier molecular flexibility index (Phi) is 16.0. The van der Waals surface area contributed by atoms with Crippen molar-refractivity contribution in [1.82, 2.24) is 9.80 Å². The Morgan fingerprint density at radius 2 is 1.10 bits per heavy atom. The van der Waals surface area contributed by atoms with Gasteiger partial charge in [-0.25, -0.2) is 9.59 Å². The second-order valence-corrected chi connectivity index (χ2v) is 8.60. The molecular weight excluding hydrogens is 436 g/mol. The minimum absolute atomic E-state index is 0. The topological polar surface area (TPSA) is 151 Å². The number of rotatable bonds is 13. The molecule has 2 radical (unpaired) electrons. The first-order chi connectivity index (χ1) is 13.6. The number of aliphatic hydroxyl groups is 4. The summed E-state index contributed by atoms with van der Waals surface area (Å²) < 4.78 is 5.27. The molecule has 0 fully saturated rings. The zero-order chi connectivity index (χ0) is 23.9. The van der Waals surface area contributed by atoms with Crippen molar-refractivity contribution in [2.75, 3.05) is 6.61 Å². The number of carbonyl (C=O) groups excluding carboxylic acids is 1. The van der Waals surface area contributed by atoms with Crippen LogP contribution in [0.4, 0.5) is 0 Å². The van der Waals surface area contributed by atoms with Crippen LogP contribution >= 0.6 is 0 Å². The molecule has 0 aromatic rings. The quantitative estimate of drug-likeness (QED) is 0.130. The molecule has 180 valence electrons. The summed E-state index contributed by atoms with van der Waals surface area (Å²) in [5.41, 5.74) is 0. The van der Waals surface area contributed by atoms with Gasteiger partial charge in [0.15, 0.2) is 12.3 Å². The maximum absolute atomic E-state index is 13.1. The van der Waals surface area contributed by atoms with Crippen LogP contribution in [0.15, 0.2) is 0 Å². The van der Waals surface area contributed by atoms with Gasteiger partial charge in [0.05, 0.1) is 0 Å². The fourth-order valence-corrected chi connectivity index (χ4v) is 3.62. The van der Waals surface area contributed by atoms with Crippen LogP contribution in [0.25, 0.3) is 0 Å². The molecule has 0 amide bonds. The number of aliphatic hydroxyl groups excluding tert-OH is 4. The third-order valence-corrected chi connectivity index (χ3v) is 4.88. The van der Waals surface area contributed by atoms with Gasteiger partial charge in [0.2, 0.25) is 0 Å². The van der Waals surface area contributed by atoms with Gasteiger partial charge in [-0.1, -0.05) is 0 Å². The number of carboxylic acids is 1. The number of ether oxygens (including phenoxy) is 1. The van der Waals surface area contributed by atoms with Crippen molar-refractivity contribution in [2.45, 2.75) is 110 Å². The normalized spacial score (nSPS) is 16.2. The first-order valence-corrected chi connectivity index (χ1v) is 10.3. The summed E-state index contributed by atoms with van der Waals surface area (Å²) in [6.07, 6.45) is -8.98. The SMILES string of the molecule is CC(C)N(C(C)C)C(C(=O)OCC(O)C(O)C(O)C(O)C(=O)O)N(C(C)C)C(C)C.[Ca]. The van der Waals surface area contributed by atoms with E-state index in [9.17, 15) is 30.0 Å². The molecule has 4 unspecified atom stereocenters. The Morgan fingerprint density at radius 3 is 1.39 bits per heavy atom. The summed E-state index contributed by atoms with van der Waals surface area (Å²) in [6.45, 7) is 15.0. The fraction of sp³-hybridized carbons (Fsp3) is 0.900. The van der Waals surface area contributed by atoms with Gasteiger partial charge in [-0.15, -0.1) is 0 Å². The molecule has 0 aromatic carbocycles. The van der Waals surface area contributed by atoms with Gasteiger partial charge in [-0.05, 0) is 55.4 Å². The molecule has 0 spiro atoms. The molecule has 5 N–H and O–H groups in total. The van der Waals surface area contributed by atoms with Crippen molar-refractivity contribution in [3.63, 3.8) is 0 Å². The van der Waals surface area contributed by atoms with Gasteiger partial charge in [0, 0.05) is 61.9 Å². The number of carboxylic acid groups (broad SMARTS) is 1. The Labute approximate surface area is 215 Å². The van der Waals surface area contributed by atoms with Crippen molar-refractivity contribution in [2.24, 2.45) is 0 Å². The number of aliphatic carboxylic acids is 1. The predicted molar refractivity (Wildman–Crippen MR) is 116 cm³/mol. The number of nitrogens with zero attached hydrogens (tertiary/aromatic N) is 2. The molecule has 31 heavy (non-hydrogen) atoms. The molecule has 0 aliphatic heterocycles. The van der Waals surface area contributed by atoms with Crippen LogP contribution in [0.1, 0.15) is 55.4 Å². The summed E-state index contributed by atoms with van der Waals surface area (Å²) in [6, 6.07) is 0.0207. The molecule has 0 rings (SSSR count). The van der Waals surface area contributed by atoms with Gasteiger partial charge in [0.1, 0.15) is 24.9 Å². The van der Waals surface area contributed by atoms with Gasteiger partial charge in [-0.2, -0.15) is 0 Å². The first-order valence-electron chi connectivity index (χ1n) is 10.3. The second-order valence-electron chi connectivity index (χ2n) is 8.60. The number of esters is 1. The predicted octanol–water partition coefficient (Wildman–Crippen LogP) is -0.759. The molecular formula is C20H40CaN2O8. The summed E-state index contributed by atoms with van der Waals surface area (Å²) in [5.74, 6) is -2.39. The van der Waals surface area contributed by atoms with Gasteiger partial charge in [0.25, 0.3) is 0 Å². The molecule has 10 nitrogen and oxygen atoms in total. The van der Waals surface area contributed by atoms with E-state index in [1.54, 1.807) is 0 Å². The maximum Gasteiger partial charge on any atom is 0.338 e. The monoisotopic (exact) mass is 476 g/mol. The van der Waals surface area contributed by atoms with Crippen molar-refractivity contribution in [1.29, 1.82) is 0 Å². The number of carbonyl (C=O) groups is 2. The molecule has 11 heteroatoms. The average molecular weight is 477 g/mol. The van der Waals surface area contributed by atoms with Crippen LogP contribution in [-0.2, 0) is 14.3 Å². The van der Waals surface area contributed by atoms with Crippen LogP contribution in [0.5, 0.6) is 0 Å². The Hall–Kier alpha value is -0.0403. The largest absolute Gasteiger partial charge is 0.479 e. The van der Waals surface area contributed by atoms with Gasteiger partial charge < -0.3 is 30.3 Å². The first kappa shape index (κ1) is 33.1. The molecule has 0 saturated carbocycles. The van der Waals surface area contributed by atoms with Gasteiger partial charge in [-0.3, -0.25) is 9.80 Å². The zero-order valence-electron chi connectivity index (χ0n) is 20.0. The molecule has 0 saturated heterocycles. The van der Waals surface area contributed by atoms with Crippen LogP contribution < -0.4 is 0 Å². The molecule has 0 aliphatic rings. The van der Waals surface area contributed by atoms with E-state index in [2.05, 4.69) is 0 Å². The molecule has 0 heterocycles. The Morgan fingerprint density at radius 1 is 0.742 bits per heavy atom. The van der Waals surface area contributed by atoms with Crippen LogP contribution in [0.3, 0.4) is 0 Å². The Balaban J connectivity index is 0. The van der Waals surface area contributed by atoms with Crippen molar-refractivity contribution >= 4 is 49.7 Å². The van der Waals surface area contributed by atoms with Crippen molar-refractivity contribution in [3.8, 4) is 0 Å². The fourth-order valence-electron chi connectivity index (χ4n) is 3.62. The van der Waals surface area contributed by atoms with E-state index in [0.717, 1.165) is 0 Å². The van der Waals surface area contributed by atoms with Crippen molar-refractivity contribution < 1.29 is 39.9 Å². The minimum atomic E-state index is -2.28. The number of hydrogen-bond acceptors (Lipinski definition) is 9.